The van der Waals surface area contributed by atoms with Crippen LogP contribution in [0.25, 0.3) is 10.9 Å². The van der Waals surface area contributed by atoms with Crippen molar-refractivity contribution in [2.75, 3.05) is 6.54 Å². The van der Waals surface area contributed by atoms with Crippen LogP contribution in [-0.4, -0.2) is 26.5 Å². The van der Waals surface area contributed by atoms with E-state index in [9.17, 15) is 9.59 Å². The van der Waals surface area contributed by atoms with E-state index in [1.807, 2.05) is 23.1 Å². The Morgan fingerprint density at radius 1 is 1.12 bits per heavy atom. The summed E-state index contributed by atoms with van der Waals surface area (Å²) in [7, 11) is 0. The summed E-state index contributed by atoms with van der Waals surface area (Å²) in [5.41, 5.74) is 3.50. The first kappa shape index (κ1) is 15.4. The van der Waals surface area contributed by atoms with Crippen molar-refractivity contribution >= 4 is 16.8 Å². The zero-order chi connectivity index (χ0) is 17.8. The van der Waals surface area contributed by atoms with Gasteiger partial charge in [0.25, 0.3) is 5.91 Å². The number of benzene rings is 1. The lowest BCUT2D eigenvalue weighted by atomic mass is 10.0. The van der Waals surface area contributed by atoms with Gasteiger partial charge in [-0.3, -0.25) is 9.59 Å². The van der Waals surface area contributed by atoms with Gasteiger partial charge in [-0.15, -0.1) is 0 Å². The molecule has 0 fully saturated rings. The minimum absolute atomic E-state index is 0.0197. The van der Waals surface area contributed by atoms with Crippen LogP contribution in [0, 0.1) is 0 Å². The molecule has 0 saturated heterocycles. The molecule has 4 heterocycles. The van der Waals surface area contributed by atoms with Crippen molar-refractivity contribution in [2.45, 2.75) is 38.9 Å². The maximum Gasteiger partial charge on any atom is 0.259 e. The number of aryl methyl sites for hydroxylation is 2. The molecule has 0 aliphatic carbocycles. The fraction of sp³-hybridized carbons (Fsp3) is 0.333. The van der Waals surface area contributed by atoms with Gasteiger partial charge in [0.1, 0.15) is 5.56 Å². The van der Waals surface area contributed by atoms with Crippen LogP contribution in [0.2, 0.25) is 0 Å². The first-order valence-electron chi connectivity index (χ1n) is 9.30. The molecule has 0 saturated carbocycles. The quantitative estimate of drug-likeness (QED) is 0.715. The fourth-order valence-electron chi connectivity index (χ4n) is 4.60. The van der Waals surface area contributed by atoms with E-state index in [2.05, 4.69) is 34.4 Å². The molecule has 5 nitrogen and oxygen atoms in total. The van der Waals surface area contributed by atoms with Crippen LogP contribution in [0.15, 0.2) is 47.5 Å². The van der Waals surface area contributed by atoms with Gasteiger partial charge >= 0.3 is 0 Å². The largest absolute Gasteiger partial charge is 0.348 e. The van der Waals surface area contributed by atoms with Crippen LogP contribution in [0.1, 0.15) is 41.0 Å². The Labute approximate surface area is 151 Å². The minimum Gasteiger partial charge on any atom is -0.348 e. The third-order valence-electron chi connectivity index (χ3n) is 5.85. The van der Waals surface area contributed by atoms with Crippen LogP contribution < -0.4 is 5.43 Å². The molecule has 0 unspecified atom stereocenters. The van der Waals surface area contributed by atoms with Crippen molar-refractivity contribution in [3.63, 3.8) is 0 Å². The van der Waals surface area contributed by atoms with Gasteiger partial charge in [0.2, 0.25) is 5.43 Å². The summed E-state index contributed by atoms with van der Waals surface area (Å²) >= 11 is 0. The molecule has 3 aromatic rings. The van der Waals surface area contributed by atoms with E-state index in [1.54, 1.807) is 6.20 Å². The zero-order valence-electron chi connectivity index (χ0n) is 14.8. The second-order valence-electron chi connectivity index (χ2n) is 7.18. The fourth-order valence-corrected chi connectivity index (χ4v) is 4.60. The third kappa shape index (κ3) is 2.03. The Morgan fingerprint density at radius 2 is 2.00 bits per heavy atom. The molecular weight excluding hydrogens is 326 g/mol. The molecule has 132 valence electrons. The SMILES string of the molecule is CC[C@H]1c2cccn2CCN1C(=O)c1cn2c3c(cccc3c1=O)CC2. The molecule has 2 aliphatic heterocycles. The van der Waals surface area contributed by atoms with E-state index >= 15 is 0 Å². The number of rotatable bonds is 2. The molecule has 26 heavy (non-hydrogen) atoms. The van der Waals surface area contributed by atoms with Crippen LogP contribution in [0.4, 0.5) is 0 Å². The molecule has 0 N–H and O–H groups in total. The first-order chi connectivity index (χ1) is 12.7. The van der Waals surface area contributed by atoms with Crippen LogP contribution in [0.5, 0.6) is 0 Å². The van der Waals surface area contributed by atoms with Gasteiger partial charge in [0.15, 0.2) is 0 Å². The van der Waals surface area contributed by atoms with Crippen LogP contribution in [-0.2, 0) is 19.5 Å². The van der Waals surface area contributed by atoms with Crippen molar-refractivity contribution < 1.29 is 4.79 Å². The molecule has 2 aliphatic rings. The van der Waals surface area contributed by atoms with E-state index in [-0.39, 0.29) is 17.4 Å². The Bertz CT molecular complexity index is 1090. The first-order valence-corrected chi connectivity index (χ1v) is 9.30. The maximum absolute atomic E-state index is 13.4. The van der Waals surface area contributed by atoms with Gasteiger partial charge in [0, 0.05) is 43.1 Å². The van der Waals surface area contributed by atoms with E-state index in [0.29, 0.717) is 17.5 Å². The van der Waals surface area contributed by atoms with E-state index in [4.69, 9.17) is 0 Å². The molecule has 0 radical (unpaired) electrons. The van der Waals surface area contributed by atoms with Crippen molar-refractivity contribution in [2.24, 2.45) is 0 Å². The van der Waals surface area contributed by atoms with Gasteiger partial charge in [-0.25, -0.2) is 0 Å². The molecule has 1 atom stereocenters. The monoisotopic (exact) mass is 347 g/mol. The standard InChI is InChI=1S/C21H21N3O2/c1-2-17-18-7-4-9-22(18)11-12-24(17)21(26)16-13-23-10-8-14-5-3-6-15(19(14)23)20(16)25/h3-7,9,13,17H,2,8,10-12H2,1H3/t17-/m0/s1. The number of fused-ring (bicyclic) bond motifs is 1. The molecule has 5 heteroatoms. The van der Waals surface area contributed by atoms with Crippen molar-refractivity contribution in [3.8, 4) is 0 Å². The number of carbonyl (C=O) groups is 1. The highest BCUT2D eigenvalue weighted by atomic mass is 16.2. The van der Waals surface area contributed by atoms with Crippen molar-refractivity contribution in [1.82, 2.24) is 14.0 Å². The second-order valence-corrected chi connectivity index (χ2v) is 7.18. The molecule has 2 aromatic heterocycles. The summed E-state index contributed by atoms with van der Waals surface area (Å²) in [6.45, 7) is 4.33. The molecule has 1 aromatic carbocycles. The second kappa shape index (κ2) is 5.59. The van der Waals surface area contributed by atoms with E-state index in [0.717, 1.165) is 37.1 Å². The van der Waals surface area contributed by atoms with Gasteiger partial charge in [-0.1, -0.05) is 19.1 Å². The number of nitrogens with zero attached hydrogens (tertiary/aromatic N) is 3. The summed E-state index contributed by atoms with van der Waals surface area (Å²) in [4.78, 5) is 28.3. The number of aromatic nitrogens is 2. The summed E-state index contributed by atoms with van der Waals surface area (Å²) in [5.74, 6) is -0.141. The summed E-state index contributed by atoms with van der Waals surface area (Å²) in [6.07, 6.45) is 5.60. The average molecular weight is 347 g/mol. The summed E-state index contributed by atoms with van der Waals surface area (Å²) < 4.78 is 4.28. The Hall–Kier alpha value is -2.82. The Kier molecular flexibility index (Phi) is 3.32. The minimum atomic E-state index is -0.141. The molecular formula is C21H21N3O2. The smallest absolute Gasteiger partial charge is 0.259 e. The van der Waals surface area contributed by atoms with Gasteiger partial charge < -0.3 is 14.0 Å². The van der Waals surface area contributed by atoms with Crippen LogP contribution >= 0.6 is 0 Å². The lowest BCUT2D eigenvalue weighted by molar-refractivity contribution is 0.0616. The Morgan fingerprint density at radius 3 is 2.85 bits per heavy atom. The number of pyridine rings is 1. The molecule has 0 spiro atoms. The summed E-state index contributed by atoms with van der Waals surface area (Å²) in [6, 6.07) is 9.96. The number of hydrogen-bond acceptors (Lipinski definition) is 2. The van der Waals surface area contributed by atoms with Gasteiger partial charge in [-0.05, 0) is 36.6 Å². The normalized spacial score (nSPS) is 18.3. The lowest BCUT2D eigenvalue weighted by Crippen LogP contribution is -2.43. The third-order valence-corrected chi connectivity index (χ3v) is 5.85. The number of hydrogen-bond donors (Lipinski definition) is 0. The molecule has 5 rings (SSSR count). The highest BCUT2D eigenvalue weighted by Gasteiger charge is 2.32. The number of para-hydroxylation sites is 1. The Balaban J connectivity index is 1.62. The molecule has 1 amide bonds. The van der Waals surface area contributed by atoms with Gasteiger partial charge in [0.05, 0.1) is 11.6 Å². The molecule has 0 bridgehead atoms. The predicted octanol–water partition coefficient (Wildman–Crippen LogP) is 2.97. The highest BCUT2D eigenvalue weighted by Crippen LogP contribution is 2.30. The van der Waals surface area contributed by atoms with Crippen LogP contribution in [0.3, 0.4) is 0 Å². The topological polar surface area (TPSA) is 47.2 Å². The maximum atomic E-state index is 13.4. The zero-order valence-corrected chi connectivity index (χ0v) is 14.8. The average Bonchev–Trinajstić information content (AvgIpc) is 3.30. The summed E-state index contributed by atoms with van der Waals surface area (Å²) in [5, 5.41) is 0.666. The predicted molar refractivity (Wildman–Crippen MR) is 100 cm³/mol. The lowest BCUT2D eigenvalue weighted by Gasteiger charge is -2.36. The van der Waals surface area contributed by atoms with Gasteiger partial charge in [-0.2, -0.15) is 0 Å². The highest BCUT2D eigenvalue weighted by molar-refractivity contribution is 5.98. The van der Waals surface area contributed by atoms with Crippen molar-refractivity contribution in [1.29, 1.82) is 0 Å². The number of carbonyl (C=O) groups excluding carboxylic acids is 1. The van der Waals surface area contributed by atoms with E-state index in [1.165, 1.54) is 5.56 Å². The number of amides is 1. The van der Waals surface area contributed by atoms with E-state index < -0.39 is 0 Å². The van der Waals surface area contributed by atoms with Crippen molar-refractivity contribution in [3.05, 3.63) is 69.8 Å².